The van der Waals surface area contributed by atoms with Crippen molar-refractivity contribution in [3.05, 3.63) is 77.1 Å². The molecule has 0 heterocycles. The Morgan fingerprint density at radius 2 is 1.72 bits per heavy atom. The van der Waals surface area contributed by atoms with Gasteiger partial charge in [0.05, 0.1) is 0 Å². The van der Waals surface area contributed by atoms with Crippen molar-refractivity contribution in [3.8, 4) is 0 Å². The van der Waals surface area contributed by atoms with Crippen molar-refractivity contribution in [2.24, 2.45) is 0 Å². The predicted octanol–water partition coefficient (Wildman–Crippen LogP) is 2.48. The van der Waals surface area contributed by atoms with E-state index in [0.717, 1.165) is 5.56 Å². The van der Waals surface area contributed by atoms with E-state index in [2.05, 4.69) is 16.2 Å². The monoisotopic (exact) mass is 357 g/mol. The molecule has 0 saturated heterocycles. The van der Waals surface area contributed by atoms with E-state index in [1.54, 1.807) is 12.1 Å². The maximum atomic E-state index is 12.8. The highest BCUT2D eigenvalue weighted by Crippen LogP contribution is 2.06. The topological polar surface area (TPSA) is 70.2 Å². The van der Waals surface area contributed by atoms with Crippen LogP contribution in [0, 0.1) is 12.7 Å². The van der Waals surface area contributed by atoms with Gasteiger partial charge in [0.2, 0.25) is 5.91 Å². The fourth-order valence-corrected chi connectivity index (χ4v) is 2.09. The molecule has 2 rings (SSSR count). The minimum Gasteiger partial charge on any atom is -0.298 e. The largest absolute Gasteiger partial charge is 0.298 e. The summed E-state index contributed by atoms with van der Waals surface area (Å²) < 4.78 is 12.8. The fourth-order valence-electron chi connectivity index (χ4n) is 1.94. The Bertz CT molecular complexity index is 819. The van der Waals surface area contributed by atoms with Gasteiger partial charge >= 0.3 is 0 Å². The third kappa shape index (κ3) is 5.82. The summed E-state index contributed by atoms with van der Waals surface area (Å²) in [6.07, 6.45) is 2.77. The van der Waals surface area contributed by atoms with Crippen molar-refractivity contribution < 1.29 is 14.0 Å². The van der Waals surface area contributed by atoms with E-state index in [1.165, 1.54) is 36.4 Å². The Hall–Kier alpha value is -3.06. The molecule has 3 N–H and O–H groups in total. The SMILES string of the molecule is Cc1ccccc1C(=O)NNC(=S)NC(=O)/C=C/c1ccc(F)cc1. The van der Waals surface area contributed by atoms with Crippen LogP contribution in [0.1, 0.15) is 21.5 Å². The second-order valence-corrected chi connectivity index (χ2v) is 5.51. The fraction of sp³-hybridized carbons (Fsp3) is 0.0556. The lowest BCUT2D eigenvalue weighted by molar-refractivity contribution is -0.115. The van der Waals surface area contributed by atoms with Gasteiger partial charge in [-0.3, -0.25) is 25.8 Å². The molecule has 0 saturated carbocycles. The first-order valence-corrected chi connectivity index (χ1v) is 7.77. The van der Waals surface area contributed by atoms with Crippen molar-refractivity contribution >= 4 is 35.2 Å². The Morgan fingerprint density at radius 3 is 2.40 bits per heavy atom. The molecule has 0 aliphatic carbocycles. The van der Waals surface area contributed by atoms with Crippen LogP contribution >= 0.6 is 12.2 Å². The summed E-state index contributed by atoms with van der Waals surface area (Å²) in [5.74, 6) is -1.19. The van der Waals surface area contributed by atoms with Gasteiger partial charge in [-0.25, -0.2) is 4.39 Å². The van der Waals surface area contributed by atoms with Crippen LogP contribution < -0.4 is 16.2 Å². The second kappa shape index (κ2) is 8.70. The molecule has 0 radical (unpaired) electrons. The van der Waals surface area contributed by atoms with Gasteiger partial charge in [-0.05, 0) is 54.5 Å². The van der Waals surface area contributed by atoms with Gasteiger partial charge in [0.1, 0.15) is 5.82 Å². The summed E-state index contributed by atoms with van der Waals surface area (Å²) in [6.45, 7) is 1.81. The summed E-state index contributed by atoms with van der Waals surface area (Å²) in [7, 11) is 0. The summed E-state index contributed by atoms with van der Waals surface area (Å²) in [5.41, 5.74) is 6.86. The molecule has 0 aromatic heterocycles. The average molecular weight is 357 g/mol. The third-order valence-electron chi connectivity index (χ3n) is 3.21. The number of nitrogens with one attached hydrogen (secondary N) is 3. The number of hydrogen-bond donors (Lipinski definition) is 3. The van der Waals surface area contributed by atoms with Crippen LogP contribution in [0.2, 0.25) is 0 Å². The van der Waals surface area contributed by atoms with Crippen LogP contribution in [0.5, 0.6) is 0 Å². The molecule has 2 amide bonds. The standard InChI is InChI=1S/C18H16FN3O2S/c1-12-4-2-3-5-15(12)17(24)21-22-18(25)20-16(23)11-8-13-6-9-14(19)10-7-13/h2-11H,1H3,(H,21,24)(H2,20,22,23,25)/b11-8+. The van der Waals surface area contributed by atoms with E-state index < -0.39 is 5.91 Å². The van der Waals surface area contributed by atoms with Gasteiger partial charge in [0.25, 0.3) is 5.91 Å². The molecule has 0 bridgehead atoms. The number of carbonyl (C=O) groups is 2. The van der Waals surface area contributed by atoms with E-state index in [0.29, 0.717) is 11.1 Å². The summed E-state index contributed by atoms with van der Waals surface area (Å²) in [4.78, 5) is 23.8. The summed E-state index contributed by atoms with van der Waals surface area (Å²) in [6, 6.07) is 12.8. The zero-order chi connectivity index (χ0) is 18.2. The number of rotatable bonds is 3. The van der Waals surface area contributed by atoms with E-state index in [9.17, 15) is 14.0 Å². The van der Waals surface area contributed by atoms with Gasteiger partial charge < -0.3 is 0 Å². The summed E-state index contributed by atoms with van der Waals surface area (Å²) >= 11 is 4.94. The molecule has 0 aliphatic heterocycles. The van der Waals surface area contributed by atoms with Crippen molar-refractivity contribution in [1.82, 2.24) is 16.2 Å². The Labute approximate surface area is 149 Å². The Kier molecular flexibility index (Phi) is 6.36. The molecule has 128 valence electrons. The Morgan fingerprint density at radius 1 is 1.04 bits per heavy atom. The molecule has 0 fully saturated rings. The molecule has 2 aromatic carbocycles. The molecule has 7 heteroatoms. The lowest BCUT2D eigenvalue weighted by Crippen LogP contribution is -2.48. The Balaban J connectivity index is 1.81. The van der Waals surface area contributed by atoms with Crippen LogP contribution in [0.4, 0.5) is 4.39 Å². The second-order valence-electron chi connectivity index (χ2n) is 5.10. The number of hydrogen-bond acceptors (Lipinski definition) is 3. The van der Waals surface area contributed by atoms with Crippen LogP contribution in [0.3, 0.4) is 0 Å². The van der Waals surface area contributed by atoms with Gasteiger partial charge in [-0.2, -0.15) is 0 Å². The first-order valence-electron chi connectivity index (χ1n) is 7.36. The minimum absolute atomic E-state index is 0.0457. The van der Waals surface area contributed by atoms with Gasteiger partial charge in [0, 0.05) is 11.6 Å². The highest BCUT2D eigenvalue weighted by atomic mass is 32.1. The maximum Gasteiger partial charge on any atom is 0.269 e. The smallest absolute Gasteiger partial charge is 0.269 e. The van der Waals surface area contributed by atoms with E-state index >= 15 is 0 Å². The number of thiocarbonyl (C=S) groups is 1. The van der Waals surface area contributed by atoms with E-state index in [1.807, 2.05) is 19.1 Å². The number of benzene rings is 2. The first-order chi connectivity index (χ1) is 12.0. The lowest BCUT2D eigenvalue weighted by Gasteiger charge is -2.10. The molecule has 25 heavy (non-hydrogen) atoms. The highest BCUT2D eigenvalue weighted by Gasteiger charge is 2.08. The minimum atomic E-state index is -0.480. The van der Waals surface area contributed by atoms with Gasteiger partial charge in [-0.15, -0.1) is 0 Å². The number of aryl methyl sites for hydroxylation is 1. The molecule has 0 unspecified atom stereocenters. The molecular weight excluding hydrogens is 341 g/mol. The first kappa shape index (κ1) is 18.3. The molecule has 0 atom stereocenters. The van der Waals surface area contributed by atoms with Gasteiger partial charge in [-0.1, -0.05) is 30.3 Å². The molecule has 0 aliphatic rings. The number of halogens is 1. The third-order valence-corrected chi connectivity index (χ3v) is 3.42. The van der Waals surface area contributed by atoms with E-state index in [-0.39, 0.29) is 16.8 Å². The zero-order valence-corrected chi connectivity index (χ0v) is 14.2. The zero-order valence-electron chi connectivity index (χ0n) is 13.4. The van der Waals surface area contributed by atoms with E-state index in [4.69, 9.17) is 12.2 Å². The summed E-state index contributed by atoms with van der Waals surface area (Å²) in [5, 5.41) is 2.34. The number of carbonyl (C=O) groups excluding carboxylic acids is 2. The van der Waals surface area contributed by atoms with Crippen molar-refractivity contribution in [2.45, 2.75) is 6.92 Å². The van der Waals surface area contributed by atoms with Crippen molar-refractivity contribution in [3.63, 3.8) is 0 Å². The van der Waals surface area contributed by atoms with Crippen LogP contribution in [0.15, 0.2) is 54.6 Å². The molecular formula is C18H16FN3O2S. The van der Waals surface area contributed by atoms with Crippen LogP contribution in [-0.4, -0.2) is 16.9 Å². The molecule has 0 spiro atoms. The number of hydrazine groups is 1. The maximum absolute atomic E-state index is 12.8. The quantitative estimate of drug-likeness (QED) is 0.448. The normalized spacial score (nSPS) is 10.3. The number of amides is 2. The van der Waals surface area contributed by atoms with Gasteiger partial charge in [0.15, 0.2) is 5.11 Å². The molecule has 2 aromatic rings. The lowest BCUT2D eigenvalue weighted by atomic mass is 10.1. The highest BCUT2D eigenvalue weighted by molar-refractivity contribution is 7.80. The molecule has 5 nitrogen and oxygen atoms in total. The van der Waals surface area contributed by atoms with Crippen LogP contribution in [-0.2, 0) is 4.79 Å². The van der Waals surface area contributed by atoms with Crippen molar-refractivity contribution in [2.75, 3.05) is 0 Å². The predicted molar refractivity (Wildman–Crippen MR) is 98.0 cm³/mol. The average Bonchev–Trinajstić information content (AvgIpc) is 2.59. The van der Waals surface area contributed by atoms with Crippen molar-refractivity contribution in [1.29, 1.82) is 0 Å². The van der Waals surface area contributed by atoms with Crippen LogP contribution in [0.25, 0.3) is 6.08 Å².